The lowest BCUT2D eigenvalue weighted by Crippen LogP contribution is -2.38. The summed E-state index contributed by atoms with van der Waals surface area (Å²) >= 11 is 0. The van der Waals surface area contributed by atoms with Crippen molar-refractivity contribution in [1.82, 2.24) is 25.4 Å². The van der Waals surface area contributed by atoms with E-state index in [9.17, 15) is 0 Å². The maximum Gasteiger partial charge on any atom is 0.192 e. The zero-order chi connectivity index (χ0) is 18.4. The third-order valence-electron chi connectivity index (χ3n) is 4.72. The van der Waals surface area contributed by atoms with Crippen LogP contribution < -0.4 is 15.5 Å². The second-order valence-corrected chi connectivity index (χ2v) is 6.71. The average Bonchev–Trinajstić information content (AvgIpc) is 3.32. The van der Waals surface area contributed by atoms with Crippen LogP contribution >= 0.6 is 24.0 Å². The largest absolute Gasteiger partial charge is 0.372 e. The molecule has 0 radical (unpaired) electrons. The van der Waals surface area contributed by atoms with Gasteiger partial charge in [0, 0.05) is 32.4 Å². The van der Waals surface area contributed by atoms with Crippen LogP contribution in [0.15, 0.2) is 35.6 Å². The first kappa shape index (κ1) is 21.5. The number of hydrogen-bond acceptors (Lipinski definition) is 4. The molecule has 1 atom stereocenters. The van der Waals surface area contributed by atoms with Crippen LogP contribution in [0, 0.1) is 0 Å². The molecule has 148 valence electrons. The van der Waals surface area contributed by atoms with Gasteiger partial charge < -0.3 is 20.1 Å². The van der Waals surface area contributed by atoms with Crippen LogP contribution in [-0.2, 0) is 13.6 Å². The van der Waals surface area contributed by atoms with E-state index in [0.717, 1.165) is 31.4 Å². The van der Waals surface area contributed by atoms with E-state index in [1.54, 1.807) is 6.33 Å². The zero-order valence-electron chi connectivity index (χ0n) is 16.4. The second-order valence-electron chi connectivity index (χ2n) is 6.71. The Balaban J connectivity index is 0.00000261. The topological polar surface area (TPSA) is 70.4 Å². The van der Waals surface area contributed by atoms with Crippen molar-refractivity contribution < 1.29 is 0 Å². The molecule has 1 unspecified atom stereocenters. The van der Waals surface area contributed by atoms with Crippen molar-refractivity contribution in [1.29, 1.82) is 0 Å². The van der Waals surface area contributed by atoms with Crippen LogP contribution in [0.3, 0.4) is 0 Å². The van der Waals surface area contributed by atoms with E-state index < -0.39 is 0 Å². The number of aryl methyl sites for hydroxylation is 1. The summed E-state index contributed by atoms with van der Waals surface area (Å²) in [6, 6.07) is 8.97. The quantitative estimate of drug-likeness (QED) is 0.376. The highest BCUT2D eigenvalue weighted by Gasteiger charge is 2.14. The molecule has 1 aliphatic heterocycles. The molecule has 1 aliphatic rings. The lowest BCUT2D eigenvalue weighted by Gasteiger charge is -2.22. The highest BCUT2D eigenvalue weighted by atomic mass is 127. The van der Waals surface area contributed by atoms with Gasteiger partial charge in [-0.1, -0.05) is 12.1 Å². The van der Waals surface area contributed by atoms with Crippen LogP contribution in [-0.4, -0.2) is 40.4 Å². The normalized spacial score (nSPS) is 15.4. The van der Waals surface area contributed by atoms with Gasteiger partial charge in [0.2, 0.25) is 0 Å². The highest BCUT2D eigenvalue weighted by Crippen LogP contribution is 2.23. The second kappa shape index (κ2) is 10.5. The minimum atomic E-state index is 0. The van der Waals surface area contributed by atoms with Crippen molar-refractivity contribution in [3.63, 3.8) is 0 Å². The lowest BCUT2D eigenvalue weighted by atomic mass is 10.1. The van der Waals surface area contributed by atoms with Crippen molar-refractivity contribution in [2.75, 3.05) is 24.5 Å². The van der Waals surface area contributed by atoms with Gasteiger partial charge in [0.25, 0.3) is 0 Å². The molecule has 2 heterocycles. The molecule has 1 aromatic carbocycles. The number of rotatable bonds is 6. The van der Waals surface area contributed by atoms with Crippen LogP contribution in [0.2, 0.25) is 0 Å². The Labute approximate surface area is 178 Å². The first-order valence-corrected chi connectivity index (χ1v) is 9.40. The summed E-state index contributed by atoms with van der Waals surface area (Å²) in [5, 5.41) is 14.8. The molecule has 7 nitrogen and oxygen atoms in total. The Hall–Kier alpha value is -1.84. The number of nitrogens with zero attached hydrogens (tertiary/aromatic N) is 5. The van der Waals surface area contributed by atoms with Crippen molar-refractivity contribution in [2.24, 2.45) is 12.0 Å². The average molecular weight is 483 g/mol. The van der Waals surface area contributed by atoms with Crippen molar-refractivity contribution >= 4 is 35.6 Å². The summed E-state index contributed by atoms with van der Waals surface area (Å²) in [5.41, 5.74) is 2.58. The minimum Gasteiger partial charge on any atom is -0.372 e. The SMILES string of the molecule is CCNC(=NCc1nncn1C)NC(C)c1cccc(N2CCCC2)c1.I. The monoisotopic (exact) mass is 483 g/mol. The molecule has 0 bridgehead atoms. The Kier molecular flexibility index (Phi) is 8.33. The number of hydrogen-bond donors (Lipinski definition) is 2. The number of halogens is 1. The molecule has 27 heavy (non-hydrogen) atoms. The standard InChI is InChI=1S/C19H29N7.HI/c1-4-20-19(21-13-18-24-22-14-25(18)3)23-15(2)16-8-7-9-17(12-16)26-10-5-6-11-26;/h7-9,12,14-15H,4-6,10-11,13H2,1-3H3,(H2,20,21,23);1H. The maximum absolute atomic E-state index is 4.64. The van der Waals surface area contributed by atoms with Crippen LogP contribution in [0.5, 0.6) is 0 Å². The molecule has 2 aromatic rings. The van der Waals surface area contributed by atoms with E-state index in [2.05, 4.69) is 68.8 Å². The molecule has 8 heteroatoms. The van der Waals surface area contributed by atoms with Gasteiger partial charge in [-0.3, -0.25) is 0 Å². The van der Waals surface area contributed by atoms with Gasteiger partial charge in [0.15, 0.2) is 11.8 Å². The number of aromatic nitrogens is 3. The number of nitrogens with one attached hydrogen (secondary N) is 2. The van der Waals surface area contributed by atoms with Gasteiger partial charge in [0.1, 0.15) is 12.9 Å². The first-order chi connectivity index (χ1) is 12.7. The van der Waals surface area contributed by atoms with Gasteiger partial charge in [-0.2, -0.15) is 0 Å². The molecule has 1 aromatic heterocycles. The molecule has 0 spiro atoms. The fourth-order valence-corrected chi connectivity index (χ4v) is 3.17. The molecule has 0 aliphatic carbocycles. The van der Waals surface area contributed by atoms with Crippen LogP contribution in [0.4, 0.5) is 5.69 Å². The highest BCUT2D eigenvalue weighted by molar-refractivity contribution is 14.0. The Morgan fingerprint density at radius 2 is 2.07 bits per heavy atom. The maximum atomic E-state index is 4.64. The van der Waals surface area contributed by atoms with Crippen molar-refractivity contribution in [2.45, 2.75) is 39.3 Å². The van der Waals surface area contributed by atoms with Crippen LogP contribution in [0.25, 0.3) is 0 Å². The number of benzene rings is 1. The predicted molar refractivity (Wildman–Crippen MR) is 121 cm³/mol. The van der Waals surface area contributed by atoms with Gasteiger partial charge in [-0.05, 0) is 44.4 Å². The Morgan fingerprint density at radius 1 is 1.30 bits per heavy atom. The molecular weight excluding hydrogens is 453 g/mol. The van der Waals surface area contributed by atoms with E-state index in [1.165, 1.54) is 24.1 Å². The molecule has 2 N–H and O–H groups in total. The number of anilines is 1. The molecule has 1 saturated heterocycles. The van der Waals surface area contributed by atoms with Crippen molar-refractivity contribution in [3.8, 4) is 0 Å². The number of aliphatic imine (C=N–C) groups is 1. The molecular formula is C19H30IN7. The molecule has 0 saturated carbocycles. The third-order valence-corrected chi connectivity index (χ3v) is 4.72. The molecule has 1 fully saturated rings. The predicted octanol–water partition coefficient (Wildman–Crippen LogP) is 2.85. The summed E-state index contributed by atoms with van der Waals surface area (Å²) in [6.07, 6.45) is 4.27. The van der Waals surface area contributed by atoms with Gasteiger partial charge in [-0.25, -0.2) is 4.99 Å². The van der Waals surface area contributed by atoms with E-state index in [-0.39, 0.29) is 30.0 Å². The minimum absolute atomic E-state index is 0. The Bertz CT molecular complexity index is 737. The summed E-state index contributed by atoms with van der Waals surface area (Å²) in [7, 11) is 1.93. The smallest absolute Gasteiger partial charge is 0.192 e. The fraction of sp³-hybridized carbons (Fsp3) is 0.526. The fourth-order valence-electron chi connectivity index (χ4n) is 3.17. The third kappa shape index (κ3) is 5.82. The van der Waals surface area contributed by atoms with Gasteiger partial charge in [-0.15, -0.1) is 34.2 Å². The summed E-state index contributed by atoms with van der Waals surface area (Å²) in [5.74, 6) is 1.63. The van der Waals surface area contributed by atoms with Crippen molar-refractivity contribution in [3.05, 3.63) is 42.0 Å². The lowest BCUT2D eigenvalue weighted by molar-refractivity contribution is 0.681. The van der Waals surface area contributed by atoms with E-state index in [0.29, 0.717) is 6.54 Å². The zero-order valence-corrected chi connectivity index (χ0v) is 18.7. The summed E-state index contributed by atoms with van der Waals surface area (Å²) < 4.78 is 1.88. The van der Waals surface area contributed by atoms with E-state index >= 15 is 0 Å². The summed E-state index contributed by atoms with van der Waals surface area (Å²) in [4.78, 5) is 7.10. The number of guanidine groups is 1. The summed E-state index contributed by atoms with van der Waals surface area (Å²) in [6.45, 7) is 7.86. The Morgan fingerprint density at radius 3 is 2.74 bits per heavy atom. The molecule has 0 amide bonds. The first-order valence-electron chi connectivity index (χ1n) is 9.40. The van der Waals surface area contributed by atoms with E-state index in [1.807, 2.05) is 11.6 Å². The van der Waals surface area contributed by atoms with Crippen LogP contribution in [0.1, 0.15) is 44.1 Å². The van der Waals surface area contributed by atoms with Gasteiger partial charge in [0.05, 0.1) is 6.04 Å². The molecule has 3 rings (SSSR count). The van der Waals surface area contributed by atoms with Gasteiger partial charge >= 0.3 is 0 Å². The van der Waals surface area contributed by atoms with E-state index in [4.69, 9.17) is 0 Å².